The summed E-state index contributed by atoms with van der Waals surface area (Å²) in [5.74, 6) is -0.762. The molecule has 1 atom stereocenters. The van der Waals surface area contributed by atoms with Gasteiger partial charge in [0.2, 0.25) is 0 Å². The van der Waals surface area contributed by atoms with Crippen LogP contribution in [0.25, 0.3) is 0 Å². The largest absolute Gasteiger partial charge is 0.480 e. The lowest BCUT2D eigenvalue weighted by Crippen LogP contribution is -2.50. The van der Waals surface area contributed by atoms with Gasteiger partial charge in [0.05, 0.1) is 6.10 Å². The molecule has 0 aliphatic carbocycles. The van der Waals surface area contributed by atoms with Crippen LogP contribution in [0.5, 0.6) is 0 Å². The number of rotatable bonds is 6. The van der Waals surface area contributed by atoms with Crippen molar-refractivity contribution in [1.82, 2.24) is 4.90 Å². The zero-order valence-corrected chi connectivity index (χ0v) is 10.5. The van der Waals surface area contributed by atoms with Gasteiger partial charge >= 0.3 is 5.97 Å². The second kappa shape index (κ2) is 5.64. The van der Waals surface area contributed by atoms with Crippen molar-refractivity contribution in [3.8, 4) is 0 Å². The molecular formula is C12H23NO3. The molecule has 4 heteroatoms. The number of hydrogen-bond donors (Lipinski definition) is 1. The van der Waals surface area contributed by atoms with E-state index in [0.29, 0.717) is 6.10 Å². The fraction of sp³-hybridized carbons (Fsp3) is 0.917. The van der Waals surface area contributed by atoms with Crippen LogP contribution in [0, 0.1) is 0 Å². The lowest BCUT2D eigenvalue weighted by Gasteiger charge is -2.34. The minimum Gasteiger partial charge on any atom is -0.480 e. The summed E-state index contributed by atoms with van der Waals surface area (Å²) < 4.78 is 5.55. The maximum atomic E-state index is 11.1. The predicted octanol–water partition coefficient (Wildman–Crippen LogP) is 1.74. The summed E-state index contributed by atoms with van der Waals surface area (Å²) in [6.45, 7) is 7.93. The van der Waals surface area contributed by atoms with Gasteiger partial charge < -0.3 is 9.84 Å². The van der Waals surface area contributed by atoms with Gasteiger partial charge in [-0.05, 0) is 39.7 Å². The number of carbonyl (C=O) groups is 1. The molecule has 0 aromatic carbocycles. The molecule has 0 aromatic heterocycles. The van der Waals surface area contributed by atoms with Crippen molar-refractivity contribution in [3.05, 3.63) is 0 Å². The maximum absolute atomic E-state index is 11.1. The number of carboxylic acid groups (broad SMARTS) is 1. The summed E-state index contributed by atoms with van der Waals surface area (Å²) in [6.07, 6.45) is 3.52. The minimum atomic E-state index is -0.784. The summed E-state index contributed by atoms with van der Waals surface area (Å²) in [4.78, 5) is 13.1. The molecule has 1 fully saturated rings. The van der Waals surface area contributed by atoms with E-state index >= 15 is 0 Å². The summed E-state index contributed by atoms with van der Waals surface area (Å²) >= 11 is 0. The van der Waals surface area contributed by atoms with Crippen LogP contribution in [0.1, 0.15) is 40.0 Å². The summed E-state index contributed by atoms with van der Waals surface area (Å²) in [5.41, 5.74) is -0.784. The number of nitrogens with zero attached hydrogens (tertiary/aromatic N) is 1. The zero-order valence-electron chi connectivity index (χ0n) is 10.5. The Morgan fingerprint density at radius 2 is 2.25 bits per heavy atom. The van der Waals surface area contributed by atoms with Crippen molar-refractivity contribution < 1.29 is 14.6 Å². The van der Waals surface area contributed by atoms with Crippen molar-refractivity contribution in [2.45, 2.75) is 51.7 Å². The van der Waals surface area contributed by atoms with Gasteiger partial charge in [-0.25, -0.2) is 0 Å². The van der Waals surface area contributed by atoms with Crippen LogP contribution in [0.15, 0.2) is 0 Å². The molecule has 0 bridgehead atoms. The smallest absolute Gasteiger partial charge is 0.323 e. The zero-order chi connectivity index (χ0) is 12.2. The Hall–Kier alpha value is -0.610. The summed E-state index contributed by atoms with van der Waals surface area (Å²) in [5, 5.41) is 9.16. The number of likely N-dealkylation sites (N-methyl/N-ethyl adjacent to an activating group) is 1. The molecule has 1 unspecified atom stereocenters. The normalized spacial score (nSPS) is 21.6. The Morgan fingerprint density at radius 3 is 2.69 bits per heavy atom. The van der Waals surface area contributed by atoms with Gasteiger partial charge in [0.15, 0.2) is 0 Å². The van der Waals surface area contributed by atoms with Gasteiger partial charge in [0.25, 0.3) is 0 Å². The van der Waals surface area contributed by atoms with Crippen LogP contribution in [0.4, 0.5) is 0 Å². The second-order valence-corrected chi connectivity index (χ2v) is 4.87. The average Bonchev–Trinajstić information content (AvgIpc) is 2.71. The molecule has 0 amide bonds. The Morgan fingerprint density at radius 1 is 1.56 bits per heavy atom. The van der Waals surface area contributed by atoms with Crippen molar-refractivity contribution in [2.24, 2.45) is 0 Å². The van der Waals surface area contributed by atoms with Crippen molar-refractivity contribution in [3.63, 3.8) is 0 Å². The molecule has 1 saturated heterocycles. The molecule has 4 nitrogen and oxygen atoms in total. The third-order valence-electron chi connectivity index (χ3n) is 3.44. The monoisotopic (exact) mass is 229 g/mol. The van der Waals surface area contributed by atoms with Crippen LogP contribution < -0.4 is 0 Å². The minimum absolute atomic E-state index is 0.332. The first-order chi connectivity index (χ1) is 7.48. The van der Waals surface area contributed by atoms with E-state index in [-0.39, 0.29) is 0 Å². The van der Waals surface area contributed by atoms with Crippen molar-refractivity contribution in [1.29, 1.82) is 0 Å². The standard InChI is InChI=1S/C12H23NO3/c1-4-13(12(2,3)11(14)15)8-7-10-6-5-9-16-10/h10H,4-9H2,1-3H3,(H,14,15). The van der Waals surface area contributed by atoms with Gasteiger partial charge in [-0.3, -0.25) is 9.69 Å². The highest BCUT2D eigenvalue weighted by Crippen LogP contribution is 2.19. The third-order valence-corrected chi connectivity index (χ3v) is 3.44. The van der Waals surface area contributed by atoms with E-state index in [4.69, 9.17) is 9.84 Å². The molecule has 1 heterocycles. The van der Waals surface area contributed by atoms with Crippen LogP contribution in [0.2, 0.25) is 0 Å². The van der Waals surface area contributed by atoms with E-state index in [0.717, 1.165) is 39.0 Å². The fourth-order valence-electron chi connectivity index (χ4n) is 2.14. The highest BCUT2D eigenvalue weighted by Gasteiger charge is 2.33. The van der Waals surface area contributed by atoms with Crippen LogP contribution in [-0.4, -0.2) is 47.3 Å². The molecule has 0 spiro atoms. The van der Waals surface area contributed by atoms with Gasteiger partial charge in [-0.15, -0.1) is 0 Å². The number of carboxylic acids is 1. The lowest BCUT2D eigenvalue weighted by molar-refractivity contribution is -0.149. The molecule has 16 heavy (non-hydrogen) atoms. The maximum Gasteiger partial charge on any atom is 0.323 e. The van der Waals surface area contributed by atoms with E-state index < -0.39 is 11.5 Å². The Labute approximate surface area is 97.6 Å². The molecule has 0 radical (unpaired) electrons. The Kier molecular flexibility index (Phi) is 4.74. The third kappa shape index (κ3) is 3.19. The molecule has 1 rings (SSSR count). The summed E-state index contributed by atoms with van der Waals surface area (Å²) in [7, 11) is 0. The molecule has 1 aliphatic rings. The van der Waals surface area contributed by atoms with Crippen LogP contribution in [0.3, 0.4) is 0 Å². The SMILES string of the molecule is CCN(CCC1CCCO1)C(C)(C)C(=O)O. The van der Waals surface area contributed by atoms with Gasteiger partial charge in [-0.2, -0.15) is 0 Å². The highest BCUT2D eigenvalue weighted by molar-refractivity contribution is 5.77. The van der Waals surface area contributed by atoms with E-state index in [1.165, 1.54) is 0 Å². The van der Waals surface area contributed by atoms with Gasteiger partial charge in [0, 0.05) is 13.2 Å². The van der Waals surface area contributed by atoms with Crippen LogP contribution >= 0.6 is 0 Å². The first kappa shape index (κ1) is 13.5. The van der Waals surface area contributed by atoms with Gasteiger partial charge in [-0.1, -0.05) is 6.92 Å². The highest BCUT2D eigenvalue weighted by atomic mass is 16.5. The average molecular weight is 229 g/mol. The number of ether oxygens (including phenoxy) is 1. The van der Waals surface area contributed by atoms with Crippen molar-refractivity contribution in [2.75, 3.05) is 19.7 Å². The molecular weight excluding hydrogens is 206 g/mol. The van der Waals surface area contributed by atoms with Crippen LogP contribution in [-0.2, 0) is 9.53 Å². The quantitative estimate of drug-likeness (QED) is 0.753. The van der Waals surface area contributed by atoms with E-state index in [2.05, 4.69) is 0 Å². The predicted molar refractivity (Wildman–Crippen MR) is 62.6 cm³/mol. The molecule has 1 N–H and O–H groups in total. The number of hydrogen-bond acceptors (Lipinski definition) is 3. The summed E-state index contributed by atoms with van der Waals surface area (Å²) in [6, 6.07) is 0. The molecule has 0 saturated carbocycles. The Bertz CT molecular complexity index is 234. The van der Waals surface area contributed by atoms with E-state index in [1.54, 1.807) is 13.8 Å². The molecule has 94 valence electrons. The number of aliphatic carboxylic acids is 1. The van der Waals surface area contributed by atoms with Gasteiger partial charge in [0.1, 0.15) is 5.54 Å². The fourth-order valence-corrected chi connectivity index (χ4v) is 2.14. The Balaban J connectivity index is 2.44. The van der Waals surface area contributed by atoms with E-state index in [9.17, 15) is 4.79 Å². The molecule has 0 aromatic rings. The van der Waals surface area contributed by atoms with E-state index in [1.807, 2.05) is 11.8 Å². The van der Waals surface area contributed by atoms with Crippen molar-refractivity contribution >= 4 is 5.97 Å². The second-order valence-electron chi connectivity index (χ2n) is 4.87. The lowest BCUT2D eigenvalue weighted by atomic mass is 10.0. The first-order valence-corrected chi connectivity index (χ1v) is 6.08. The molecule has 1 aliphatic heterocycles. The first-order valence-electron chi connectivity index (χ1n) is 6.08. The topological polar surface area (TPSA) is 49.8 Å².